The Morgan fingerprint density at radius 3 is 2.69 bits per heavy atom. The Morgan fingerprint density at radius 1 is 1.20 bits per heavy atom. The Morgan fingerprint density at radius 2 is 1.97 bits per heavy atom. The van der Waals surface area contributed by atoms with E-state index in [9.17, 15) is 13.6 Å². The normalized spacial score (nSPS) is 15.3. The van der Waals surface area contributed by atoms with E-state index in [1.807, 2.05) is 7.05 Å². The van der Waals surface area contributed by atoms with Crippen LogP contribution in [0.4, 0.5) is 26.0 Å². The second-order valence-corrected chi connectivity index (χ2v) is 8.56. The van der Waals surface area contributed by atoms with Crippen molar-refractivity contribution in [1.29, 1.82) is 0 Å². The molecule has 0 spiro atoms. The maximum atomic E-state index is 14.6. The molecule has 184 valence electrons. The van der Waals surface area contributed by atoms with Crippen molar-refractivity contribution in [2.24, 2.45) is 0 Å². The number of methoxy groups -OCH3 is 1. The van der Waals surface area contributed by atoms with Crippen molar-refractivity contribution in [2.75, 3.05) is 57.5 Å². The Kier molecular flexibility index (Phi) is 7.74. The van der Waals surface area contributed by atoms with Crippen molar-refractivity contribution in [1.82, 2.24) is 19.8 Å². The summed E-state index contributed by atoms with van der Waals surface area (Å²) in [6.45, 7) is 3.78. The number of likely N-dealkylation sites (N-methyl/N-ethyl adjacent to an activating group) is 1. The van der Waals surface area contributed by atoms with Crippen LogP contribution in [0.1, 0.15) is 0 Å². The molecule has 1 aliphatic rings. The van der Waals surface area contributed by atoms with Crippen LogP contribution in [-0.4, -0.2) is 72.6 Å². The van der Waals surface area contributed by atoms with Gasteiger partial charge in [0.15, 0.2) is 5.83 Å². The molecule has 0 unspecified atom stereocenters. The molecule has 1 saturated heterocycles. The Labute approximate surface area is 206 Å². The largest absolute Gasteiger partial charge is 0.494 e. The van der Waals surface area contributed by atoms with E-state index in [1.54, 1.807) is 12.1 Å². The van der Waals surface area contributed by atoms with E-state index in [0.29, 0.717) is 34.7 Å². The predicted octanol–water partition coefficient (Wildman–Crippen LogP) is 4.21. The molecule has 0 bridgehead atoms. The number of halogens is 3. The van der Waals surface area contributed by atoms with Gasteiger partial charge in [-0.2, -0.15) is 0 Å². The van der Waals surface area contributed by atoms with Crippen LogP contribution in [0.2, 0.25) is 5.02 Å². The lowest BCUT2D eigenvalue weighted by Gasteiger charge is -2.31. The molecule has 35 heavy (non-hydrogen) atoms. The molecular weight excluding hydrogens is 478 g/mol. The number of nitrogens with zero attached hydrogens (tertiary/aromatic N) is 4. The first kappa shape index (κ1) is 24.8. The molecule has 1 aliphatic heterocycles. The molecule has 2 heterocycles. The zero-order chi connectivity index (χ0) is 24.9. The van der Waals surface area contributed by atoms with E-state index < -0.39 is 17.6 Å². The van der Waals surface area contributed by atoms with Crippen molar-refractivity contribution in [3.63, 3.8) is 0 Å². The summed E-state index contributed by atoms with van der Waals surface area (Å²) in [6.07, 6.45) is 2.64. The molecule has 2 N–H and O–H groups in total. The number of carbonyl (C=O) groups excluding carboxylic acids is 1. The third-order valence-electron chi connectivity index (χ3n) is 5.73. The molecule has 0 radical (unpaired) electrons. The van der Waals surface area contributed by atoms with Crippen molar-refractivity contribution < 1.29 is 18.3 Å². The Hall–Kier alpha value is -3.34. The van der Waals surface area contributed by atoms with Gasteiger partial charge in [0.2, 0.25) is 0 Å². The number of amides is 1. The molecule has 2 aromatic carbocycles. The molecule has 3 aromatic rings. The summed E-state index contributed by atoms with van der Waals surface area (Å²) in [5.41, 5.74) is 1.29. The van der Waals surface area contributed by atoms with Gasteiger partial charge in [-0.3, -0.25) is 9.69 Å². The van der Waals surface area contributed by atoms with Crippen molar-refractivity contribution in [3.8, 4) is 5.75 Å². The number of nitrogens with one attached hydrogen (secondary N) is 2. The third-order valence-corrected chi connectivity index (χ3v) is 6.02. The van der Waals surface area contributed by atoms with Crippen LogP contribution in [0.15, 0.2) is 48.6 Å². The predicted molar refractivity (Wildman–Crippen MR) is 133 cm³/mol. The highest BCUT2D eigenvalue weighted by Crippen LogP contribution is 2.33. The van der Waals surface area contributed by atoms with Crippen LogP contribution in [0.5, 0.6) is 5.75 Å². The van der Waals surface area contributed by atoms with Crippen molar-refractivity contribution >= 4 is 45.6 Å². The average Bonchev–Trinajstić information content (AvgIpc) is 2.85. The van der Waals surface area contributed by atoms with Gasteiger partial charge in [0, 0.05) is 49.9 Å². The molecule has 0 saturated carbocycles. The van der Waals surface area contributed by atoms with Gasteiger partial charge in [-0.25, -0.2) is 18.7 Å². The number of aromatic nitrogens is 2. The minimum atomic E-state index is -0.881. The van der Waals surface area contributed by atoms with Gasteiger partial charge >= 0.3 is 0 Å². The van der Waals surface area contributed by atoms with E-state index in [2.05, 4.69) is 30.4 Å². The van der Waals surface area contributed by atoms with Crippen LogP contribution >= 0.6 is 11.6 Å². The first-order chi connectivity index (χ1) is 16.8. The third kappa shape index (κ3) is 6.02. The van der Waals surface area contributed by atoms with Gasteiger partial charge in [0.25, 0.3) is 5.91 Å². The lowest BCUT2D eigenvalue weighted by Crippen LogP contribution is -2.44. The highest BCUT2D eigenvalue weighted by atomic mass is 35.5. The summed E-state index contributed by atoms with van der Waals surface area (Å²) >= 11 is 5.87. The lowest BCUT2D eigenvalue weighted by atomic mass is 10.1. The first-order valence-electron chi connectivity index (χ1n) is 11.0. The van der Waals surface area contributed by atoms with Crippen molar-refractivity contribution in [2.45, 2.75) is 0 Å². The van der Waals surface area contributed by atoms with E-state index >= 15 is 0 Å². The van der Waals surface area contributed by atoms with Gasteiger partial charge in [-0.1, -0.05) is 11.6 Å². The number of carbonyl (C=O) groups is 1. The van der Waals surface area contributed by atoms with Crippen LogP contribution in [-0.2, 0) is 4.79 Å². The second-order valence-electron chi connectivity index (χ2n) is 8.16. The molecule has 1 aromatic heterocycles. The van der Waals surface area contributed by atoms with Crippen LogP contribution in [0, 0.1) is 5.82 Å². The monoisotopic (exact) mass is 502 g/mol. The van der Waals surface area contributed by atoms with E-state index in [4.69, 9.17) is 16.3 Å². The summed E-state index contributed by atoms with van der Waals surface area (Å²) in [5.74, 6) is -1.60. The number of piperazine rings is 1. The SMILES string of the molecule is COc1cc2ncnc(Nc3ccc(F)c(Cl)c3)c2cc1NC(=O)/C(F)=C/CN1CCN(C)CC1. The fraction of sp³-hybridized carbons (Fsp3) is 0.292. The number of ether oxygens (including phenoxy) is 1. The summed E-state index contributed by atoms with van der Waals surface area (Å²) in [5, 5.41) is 6.13. The second kappa shape index (κ2) is 10.9. The van der Waals surface area contributed by atoms with E-state index in [1.165, 1.54) is 37.7 Å². The summed E-state index contributed by atoms with van der Waals surface area (Å²) < 4.78 is 33.5. The van der Waals surface area contributed by atoms with Crippen LogP contribution < -0.4 is 15.4 Å². The summed E-state index contributed by atoms with van der Waals surface area (Å²) in [7, 11) is 3.48. The minimum Gasteiger partial charge on any atom is -0.494 e. The fourth-order valence-electron chi connectivity index (χ4n) is 3.68. The highest BCUT2D eigenvalue weighted by Gasteiger charge is 2.17. The van der Waals surface area contributed by atoms with Crippen LogP contribution in [0.25, 0.3) is 10.9 Å². The zero-order valence-corrected chi connectivity index (χ0v) is 20.1. The maximum absolute atomic E-state index is 14.6. The van der Waals surface area contributed by atoms with Gasteiger partial charge < -0.3 is 20.3 Å². The Balaban J connectivity index is 1.55. The molecule has 1 amide bonds. The maximum Gasteiger partial charge on any atom is 0.284 e. The number of benzene rings is 2. The van der Waals surface area contributed by atoms with Gasteiger partial charge in [-0.05, 0) is 37.4 Å². The van der Waals surface area contributed by atoms with E-state index in [-0.39, 0.29) is 10.7 Å². The molecule has 8 nitrogen and oxygen atoms in total. The Bertz CT molecular complexity index is 1260. The van der Waals surface area contributed by atoms with Gasteiger partial charge in [0.05, 0.1) is 23.3 Å². The average molecular weight is 503 g/mol. The minimum absolute atomic E-state index is 0.0400. The highest BCUT2D eigenvalue weighted by molar-refractivity contribution is 6.31. The molecule has 11 heteroatoms. The summed E-state index contributed by atoms with van der Waals surface area (Å²) in [4.78, 5) is 25.3. The zero-order valence-electron chi connectivity index (χ0n) is 19.3. The molecule has 4 rings (SSSR count). The van der Waals surface area contributed by atoms with Crippen LogP contribution in [0.3, 0.4) is 0 Å². The summed E-state index contributed by atoms with van der Waals surface area (Å²) in [6, 6.07) is 7.38. The molecule has 0 aliphatic carbocycles. The molecular formula is C24H25ClF2N6O2. The number of hydrogen-bond donors (Lipinski definition) is 2. The fourth-order valence-corrected chi connectivity index (χ4v) is 3.86. The number of anilines is 3. The number of hydrogen-bond acceptors (Lipinski definition) is 7. The molecule has 0 atom stereocenters. The van der Waals surface area contributed by atoms with Gasteiger partial charge in [-0.15, -0.1) is 0 Å². The van der Waals surface area contributed by atoms with E-state index in [0.717, 1.165) is 26.2 Å². The first-order valence-corrected chi connectivity index (χ1v) is 11.3. The quantitative estimate of drug-likeness (QED) is 0.468. The number of fused-ring (bicyclic) bond motifs is 1. The topological polar surface area (TPSA) is 82.6 Å². The van der Waals surface area contributed by atoms with Gasteiger partial charge in [0.1, 0.15) is 23.7 Å². The smallest absolute Gasteiger partial charge is 0.284 e. The lowest BCUT2D eigenvalue weighted by molar-refractivity contribution is -0.114. The number of rotatable bonds is 7. The standard InChI is InChI=1S/C24H25ClF2N6O2/c1-32-7-9-33(10-8-32)6-5-19(27)24(34)31-21-12-16-20(13-22(21)35-2)28-14-29-23(16)30-15-3-4-18(26)17(25)11-15/h3-5,11-14H,6-10H2,1-2H3,(H,31,34)(H,28,29,30)/b19-5-. The van der Waals surface area contributed by atoms with Crippen molar-refractivity contribution in [3.05, 3.63) is 59.4 Å². The molecule has 1 fully saturated rings.